The van der Waals surface area contributed by atoms with Gasteiger partial charge in [0.05, 0.1) is 0 Å². The first kappa shape index (κ1) is 14.0. The van der Waals surface area contributed by atoms with Crippen LogP contribution in [-0.2, 0) is 10.3 Å². The van der Waals surface area contributed by atoms with Crippen molar-refractivity contribution >= 4 is 28.3 Å². The molecule has 1 heterocycles. The van der Waals surface area contributed by atoms with Crippen molar-refractivity contribution in [1.82, 2.24) is 10.3 Å². The third-order valence-electron chi connectivity index (χ3n) is 2.90. The maximum Gasteiger partial charge on any atom is 0.333 e. The molecule has 1 aromatic heterocycles. The fourth-order valence-electron chi connectivity index (χ4n) is 1.70. The Kier molecular flexibility index (Phi) is 3.71. The Balaban J connectivity index is 2.31. The van der Waals surface area contributed by atoms with Gasteiger partial charge in [0.15, 0.2) is 10.7 Å². The average Bonchev–Trinajstić information content (AvgIpc) is 2.86. The van der Waals surface area contributed by atoms with Gasteiger partial charge in [-0.1, -0.05) is 30.3 Å². The van der Waals surface area contributed by atoms with Crippen molar-refractivity contribution < 1.29 is 14.7 Å². The van der Waals surface area contributed by atoms with Crippen LogP contribution in [0.1, 0.15) is 23.0 Å². The number of carboxylic acids is 1. The number of nitrogen functional groups attached to an aromatic ring is 1. The summed E-state index contributed by atoms with van der Waals surface area (Å²) in [6, 6.07) is 8.48. The predicted octanol–water partition coefficient (Wildman–Crippen LogP) is 1.46. The number of anilines is 1. The zero-order valence-electron chi connectivity index (χ0n) is 10.7. The van der Waals surface area contributed by atoms with Crippen molar-refractivity contribution in [3.63, 3.8) is 0 Å². The van der Waals surface area contributed by atoms with Gasteiger partial charge in [-0.25, -0.2) is 9.78 Å². The molecule has 1 amide bonds. The van der Waals surface area contributed by atoms with Crippen molar-refractivity contribution in [3.05, 3.63) is 47.0 Å². The van der Waals surface area contributed by atoms with Gasteiger partial charge >= 0.3 is 5.97 Å². The number of amides is 1. The second kappa shape index (κ2) is 5.30. The van der Waals surface area contributed by atoms with Crippen LogP contribution < -0.4 is 11.1 Å². The van der Waals surface area contributed by atoms with Crippen molar-refractivity contribution in [3.8, 4) is 0 Å². The highest BCUT2D eigenvalue weighted by molar-refractivity contribution is 7.13. The van der Waals surface area contributed by atoms with Gasteiger partial charge in [0.25, 0.3) is 5.91 Å². The van der Waals surface area contributed by atoms with E-state index in [9.17, 15) is 14.7 Å². The Hall–Kier alpha value is -2.41. The largest absolute Gasteiger partial charge is 0.479 e. The van der Waals surface area contributed by atoms with Crippen LogP contribution >= 0.6 is 11.3 Å². The number of hydrogen-bond acceptors (Lipinski definition) is 5. The van der Waals surface area contributed by atoms with Crippen molar-refractivity contribution in [2.45, 2.75) is 12.5 Å². The number of thiazole rings is 1. The third-order valence-corrected chi connectivity index (χ3v) is 3.57. The topological polar surface area (TPSA) is 105 Å². The van der Waals surface area contributed by atoms with Gasteiger partial charge in [0, 0.05) is 5.38 Å². The van der Waals surface area contributed by atoms with Gasteiger partial charge in [-0.15, -0.1) is 11.3 Å². The first-order valence-electron chi connectivity index (χ1n) is 5.76. The summed E-state index contributed by atoms with van der Waals surface area (Å²) in [6.45, 7) is 1.43. The lowest BCUT2D eigenvalue weighted by atomic mass is 9.92. The minimum absolute atomic E-state index is 0.107. The summed E-state index contributed by atoms with van der Waals surface area (Å²) >= 11 is 1.12. The lowest BCUT2D eigenvalue weighted by Crippen LogP contribution is -2.49. The standard InChI is InChI=1S/C13H13N3O3S/c1-13(11(18)19,8-5-3-2-4-6-8)16-10(17)9-7-20-12(14)15-9/h2-7H,1H3,(H2,14,15)(H,16,17)(H,18,19). The Morgan fingerprint density at radius 2 is 2.00 bits per heavy atom. The van der Waals surface area contributed by atoms with Crippen LogP contribution in [0.2, 0.25) is 0 Å². The molecule has 7 heteroatoms. The summed E-state index contributed by atoms with van der Waals surface area (Å²) in [4.78, 5) is 27.4. The Bertz CT molecular complexity index is 641. The molecule has 20 heavy (non-hydrogen) atoms. The summed E-state index contributed by atoms with van der Waals surface area (Å²) in [7, 11) is 0. The molecule has 0 saturated heterocycles. The normalized spacial score (nSPS) is 13.4. The number of carbonyl (C=O) groups excluding carboxylic acids is 1. The molecule has 4 N–H and O–H groups in total. The molecule has 2 rings (SSSR count). The molecule has 0 radical (unpaired) electrons. The van der Waals surface area contributed by atoms with Gasteiger partial charge < -0.3 is 16.2 Å². The number of nitrogens with zero attached hydrogens (tertiary/aromatic N) is 1. The molecular formula is C13H13N3O3S. The summed E-state index contributed by atoms with van der Waals surface area (Å²) in [6.07, 6.45) is 0. The van der Waals surface area contributed by atoms with E-state index >= 15 is 0 Å². The smallest absolute Gasteiger partial charge is 0.333 e. The van der Waals surface area contributed by atoms with Crippen LogP contribution in [-0.4, -0.2) is 22.0 Å². The number of nitrogens with one attached hydrogen (secondary N) is 1. The first-order chi connectivity index (χ1) is 9.43. The van der Waals surface area contributed by atoms with E-state index in [0.717, 1.165) is 11.3 Å². The van der Waals surface area contributed by atoms with Gasteiger partial charge in [-0.05, 0) is 12.5 Å². The molecule has 1 aromatic carbocycles. The lowest BCUT2D eigenvalue weighted by molar-refractivity contribution is -0.144. The Labute approximate surface area is 119 Å². The third kappa shape index (κ3) is 2.62. The molecule has 1 atom stereocenters. The van der Waals surface area contributed by atoms with Crippen LogP contribution in [0, 0.1) is 0 Å². The van der Waals surface area contributed by atoms with E-state index in [4.69, 9.17) is 5.73 Å². The van der Waals surface area contributed by atoms with E-state index < -0.39 is 17.4 Å². The van der Waals surface area contributed by atoms with Gasteiger partial charge in [-0.3, -0.25) is 4.79 Å². The molecule has 0 aliphatic rings. The summed E-state index contributed by atoms with van der Waals surface area (Å²) in [5, 5.41) is 13.7. The van der Waals surface area contributed by atoms with Crippen LogP contribution in [0.25, 0.3) is 0 Å². The second-order valence-corrected chi connectivity index (χ2v) is 5.21. The van der Waals surface area contributed by atoms with Crippen molar-refractivity contribution in [2.75, 3.05) is 5.73 Å². The number of carbonyl (C=O) groups is 2. The van der Waals surface area contributed by atoms with E-state index in [1.807, 2.05) is 0 Å². The van der Waals surface area contributed by atoms with Crippen LogP contribution in [0.15, 0.2) is 35.7 Å². The highest BCUT2D eigenvalue weighted by Gasteiger charge is 2.37. The molecule has 0 saturated carbocycles. The van der Waals surface area contributed by atoms with Gasteiger partial charge in [0.2, 0.25) is 0 Å². The zero-order chi connectivity index (χ0) is 14.8. The average molecular weight is 291 g/mol. The SMILES string of the molecule is CC(NC(=O)c1csc(N)n1)(C(=O)O)c1ccccc1. The molecule has 0 spiro atoms. The second-order valence-electron chi connectivity index (χ2n) is 4.32. The summed E-state index contributed by atoms with van der Waals surface area (Å²) in [5.74, 6) is -1.73. The fourth-order valence-corrected chi connectivity index (χ4v) is 2.25. The number of rotatable bonds is 4. The number of nitrogens with two attached hydrogens (primary N) is 1. The number of aromatic nitrogens is 1. The number of carboxylic acid groups (broad SMARTS) is 1. The summed E-state index contributed by atoms with van der Waals surface area (Å²) < 4.78 is 0. The maximum atomic E-state index is 12.1. The van der Waals surface area contributed by atoms with Crippen molar-refractivity contribution in [2.24, 2.45) is 0 Å². The molecule has 1 unspecified atom stereocenters. The molecule has 0 aliphatic carbocycles. The Morgan fingerprint density at radius 3 is 2.50 bits per heavy atom. The molecule has 0 fully saturated rings. The van der Waals surface area contributed by atoms with Crippen molar-refractivity contribution in [1.29, 1.82) is 0 Å². The van der Waals surface area contributed by atoms with E-state index in [2.05, 4.69) is 10.3 Å². The maximum absolute atomic E-state index is 12.1. The molecule has 104 valence electrons. The number of aliphatic carboxylic acids is 1. The van der Waals surface area contributed by atoms with Crippen LogP contribution in [0.3, 0.4) is 0 Å². The molecule has 6 nitrogen and oxygen atoms in total. The van der Waals surface area contributed by atoms with Crippen LogP contribution in [0.5, 0.6) is 0 Å². The quantitative estimate of drug-likeness (QED) is 0.790. The highest BCUT2D eigenvalue weighted by Crippen LogP contribution is 2.22. The van der Waals surface area contributed by atoms with E-state index in [1.54, 1.807) is 30.3 Å². The van der Waals surface area contributed by atoms with Gasteiger partial charge in [0.1, 0.15) is 5.69 Å². The van der Waals surface area contributed by atoms with E-state index in [-0.39, 0.29) is 10.8 Å². The minimum Gasteiger partial charge on any atom is -0.479 e. The van der Waals surface area contributed by atoms with E-state index in [0.29, 0.717) is 5.56 Å². The monoisotopic (exact) mass is 291 g/mol. The molecular weight excluding hydrogens is 278 g/mol. The molecule has 0 bridgehead atoms. The number of hydrogen-bond donors (Lipinski definition) is 3. The molecule has 2 aromatic rings. The lowest BCUT2D eigenvalue weighted by Gasteiger charge is -2.26. The van der Waals surface area contributed by atoms with E-state index in [1.165, 1.54) is 12.3 Å². The van der Waals surface area contributed by atoms with Gasteiger partial charge in [-0.2, -0.15) is 0 Å². The minimum atomic E-state index is -1.53. The highest BCUT2D eigenvalue weighted by atomic mass is 32.1. The fraction of sp³-hybridized carbons (Fsp3) is 0.154. The zero-order valence-corrected chi connectivity index (χ0v) is 11.5. The molecule has 0 aliphatic heterocycles. The Morgan fingerprint density at radius 1 is 1.35 bits per heavy atom. The number of benzene rings is 1. The van der Waals surface area contributed by atoms with Crippen LogP contribution in [0.4, 0.5) is 5.13 Å². The summed E-state index contributed by atoms with van der Waals surface area (Å²) in [5.41, 5.74) is 4.51. The first-order valence-corrected chi connectivity index (χ1v) is 6.64. The predicted molar refractivity (Wildman–Crippen MR) is 75.4 cm³/mol.